The first kappa shape index (κ1) is 18.2. The summed E-state index contributed by atoms with van der Waals surface area (Å²) in [5.74, 6) is -0.188. The van der Waals surface area contributed by atoms with E-state index >= 15 is 0 Å². The lowest BCUT2D eigenvalue weighted by Gasteiger charge is -2.11. The number of nitrogens with one attached hydrogen (secondary N) is 2. The van der Waals surface area contributed by atoms with Crippen LogP contribution in [-0.4, -0.2) is 10.9 Å². The SMILES string of the molecule is Cc1ccccc1CNC(=O)c1cncc(Nc2ccc(Cl)cc2Cl)c1. The number of amides is 1. The Morgan fingerprint density at radius 1 is 1.08 bits per heavy atom. The molecule has 6 heteroatoms. The molecule has 4 nitrogen and oxygen atoms in total. The van der Waals surface area contributed by atoms with Crippen molar-refractivity contribution in [1.82, 2.24) is 10.3 Å². The van der Waals surface area contributed by atoms with Crippen LogP contribution in [0.5, 0.6) is 0 Å². The van der Waals surface area contributed by atoms with Gasteiger partial charge in [0, 0.05) is 17.8 Å². The molecule has 1 amide bonds. The molecule has 1 aromatic heterocycles. The third-order valence-corrected chi connectivity index (χ3v) is 4.46. The molecular formula is C20H17Cl2N3O. The van der Waals surface area contributed by atoms with Gasteiger partial charge in [0.1, 0.15) is 0 Å². The standard InChI is InChI=1S/C20H17Cl2N3O/c1-13-4-2-3-5-14(13)11-24-20(26)15-8-17(12-23-10-15)25-19-7-6-16(21)9-18(19)22/h2-10,12,25H,11H2,1H3,(H,24,26). The first-order chi connectivity index (χ1) is 12.5. The molecule has 2 N–H and O–H groups in total. The van der Waals surface area contributed by atoms with Crippen molar-refractivity contribution in [1.29, 1.82) is 0 Å². The van der Waals surface area contributed by atoms with Gasteiger partial charge in [0.05, 0.1) is 28.2 Å². The van der Waals surface area contributed by atoms with Gasteiger partial charge in [-0.2, -0.15) is 0 Å². The number of carbonyl (C=O) groups is 1. The van der Waals surface area contributed by atoms with E-state index in [2.05, 4.69) is 15.6 Å². The summed E-state index contributed by atoms with van der Waals surface area (Å²) >= 11 is 12.1. The largest absolute Gasteiger partial charge is 0.353 e. The van der Waals surface area contributed by atoms with Crippen molar-refractivity contribution in [2.45, 2.75) is 13.5 Å². The zero-order valence-corrected chi connectivity index (χ0v) is 15.6. The molecule has 0 fully saturated rings. The third-order valence-electron chi connectivity index (χ3n) is 3.91. The number of hydrogen-bond donors (Lipinski definition) is 2. The van der Waals surface area contributed by atoms with Gasteiger partial charge in [-0.25, -0.2) is 0 Å². The number of halogens is 2. The van der Waals surface area contributed by atoms with Gasteiger partial charge in [-0.15, -0.1) is 0 Å². The monoisotopic (exact) mass is 385 g/mol. The van der Waals surface area contributed by atoms with Crippen molar-refractivity contribution < 1.29 is 4.79 Å². The Labute approximate surface area is 162 Å². The van der Waals surface area contributed by atoms with E-state index in [4.69, 9.17) is 23.2 Å². The maximum absolute atomic E-state index is 12.4. The first-order valence-electron chi connectivity index (χ1n) is 8.03. The molecule has 2 aromatic carbocycles. The molecule has 0 aliphatic rings. The van der Waals surface area contributed by atoms with Gasteiger partial charge < -0.3 is 10.6 Å². The van der Waals surface area contributed by atoms with Crippen LogP contribution in [-0.2, 0) is 6.54 Å². The average molecular weight is 386 g/mol. The molecular weight excluding hydrogens is 369 g/mol. The fraction of sp³-hybridized carbons (Fsp3) is 0.100. The smallest absolute Gasteiger partial charge is 0.253 e. The van der Waals surface area contributed by atoms with Crippen LogP contribution in [0.25, 0.3) is 0 Å². The van der Waals surface area contributed by atoms with Crippen LogP contribution in [0.4, 0.5) is 11.4 Å². The van der Waals surface area contributed by atoms with E-state index in [0.29, 0.717) is 33.5 Å². The van der Waals surface area contributed by atoms with Gasteiger partial charge in [-0.1, -0.05) is 47.5 Å². The predicted molar refractivity (Wildman–Crippen MR) is 106 cm³/mol. The summed E-state index contributed by atoms with van der Waals surface area (Å²) in [7, 11) is 0. The minimum Gasteiger partial charge on any atom is -0.353 e. The average Bonchev–Trinajstić information content (AvgIpc) is 2.63. The zero-order chi connectivity index (χ0) is 18.5. The van der Waals surface area contributed by atoms with E-state index in [-0.39, 0.29) is 5.91 Å². The molecule has 0 saturated carbocycles. The van der Waals surface area contributed by atoms with E-state index in [9.17, 15) is 4.79 Å². The molecule has 0 bridgehead atoms. The molecule has 132 valence electrons. The second-order valence-corrected chi connectivity index (χ2v) is 6.66. The molecule has 0 unspecified atom stereocenters. The lowest BCUT2D eigenvalue weighted by atomic mass is 10.1. The number of carbonyl (C=O) groups excluding carboxylic acids is 1. The molecule has 1 heterocycles. The highest BCUT2D eigenvalue weighted by Gasteiger charge is 2.09. The summed E-state index contributed by atoms with van der Waals surface area (Å²) in [6.45, 7) is 2.48. The normalized spacial score (nSPS) is 10.4. The summed E-state index contributed by atoms with van der Waals surface area (Å²) in [5.41, 5.74) is 4.04. The molecule has 0 atom stereocenters. The Kier molecular flexibility index (Phi) is 5.76. The summed E-state index contributed by atoms with van der Waals surface area (Å²) in [5, 5.41) is 7.11. The van der Waals surface area contributed by atoms with E-state index < -0.39 is 0 Å². The summed E-state index contributed by atoms with van der Waals surface area (Å²) in [6, 6.07) is 14.8. The molecule has 3 aromatic rings. The number of hydrogen-bond acceptors (Lipinski definition) is 3. The molecule has 0 spiro atoms. The molecule has 0 aliphatic heterocycles. The van der Waals surface area contributed by atoms with Crippen molar-refractivity contribution in [3.63, 3.8) is 0 Å². The quantitative estimate of drug-likeness (QED) is 0.620. The Morgan fingerprint density at radius 2 is 1.88 bits per heavy atom. The van der Waals surface area contributed by atoms with Crippen molar-refractivity contribution in [3.05, 3.63) is 87.7 Å². The Hall–Kier alpha value is -2.56. The minimum atomic E-state index is -0.188. The fourth-order valence-electron chi connectivity index (χ4n) is 2.46. The number of nitrogens with zero attached hydrogens (tertiary/aromatic N) is 1. The molecule has 0 aliphatic carbocycles. The molecule has 0 saturated heterocycles. The minimum absolute atomic E-state index is 0.188. The number of pyridine rings is 1. The molecule has 3 rings (SSSR count). The van der Waals surface area contributed by atoms with E-state index in [1.807, 2.05) is 31.2 Å². The summed E-state index contributed by atoms with van der Waals surface area (Å²) in [4.78, 5) is 16.6. The fourth-order valence-corrected chi connectivity index (χ4v) is 2.92. The van der Waals surface area contributed by atoms with Crippen LogP contribution < -0.4 is 10.6 Å². The van der Waals surface area contributed by atoms with Crippen molar-refractivity contribution in [2.75, 3.05) is 5.32 Å². The van der Waals surface area contributed by atoms with Gasteiger partial charge in [0.2, 0.25) is 0 Å². The first-order valence-corrected chi connectivity index (χ1v) is 8.78. The third kappa shape index (κ3) is 4.54. The van der Waals surface area contributed by atoms with Gasteiger partial charge >= 0.3 is 0 Å². The maximum atomic E-state index is 12.4. The topological polar surface area (TPSA) is 54.0 Å². The molecule has 26 heavy (non-hydrogen) atoms. The van der Waals surface area contributed by atoms with Gasteiger partial charge in [-0.3, -0.25) is 9.78 Å². The Balaban J connectivity index is 1.70. The van der Waals surface area contributed by atoms with Crippen molar-refractivity contribution in [2.24, 2.45) is 0 Å². The maximum Gasteiger partial charge on any atom is 0.253 e. The van der Waals surface area contributed by atoms with Crippen LogP contribution in [0.1, 0.15) is 21.5 Å². The zero-order valence-electron chi connectivity index (χ0n) is 14.1. The number of rotatable bonds is 5. The lowest BCUT2D eigenvalue weighted by molar-refractivity contribution is 0.0950. The highest BCUT2D eigenvalue weighted by atomic mass is 35.5. The summed E-state index contributed by atoms with van der Waals surface area (Å²) < 4.78 is 0. The van der Waals surface area contributed by atoms with Gasteiger partial charge in [0.15, 0.2) is 0 Å². The number of aromatic nitrogens is 1. The molecule has 0 radical (unpaired) electrons. The van der Waals surface area contributed by atoms with Crippen LogP contribution in [0.15, 0.2) is 60.9 Å². The Morgan fingerprint density at radius 3 is 2.65 bits per heavy atom. The van der Waals surface area contributed by atoms with Crippen LogP contribution in [0.3, 0.4) is 0 Å². The predicted octanol–water partition coefficient (Wildman–Crippen LogP) is 5.37. The van der Waals surface area contributed by atoms with Gasteiger partial charge in [-0.05, 0) is 42.3 Å². The highest BCUT2D eigenvalue weighted by molar-refractivity contribution is 6.36. The van der Waals surface area contributed by atoms with Gasteiger partial charge in [0.25, 0.3) is 5.91 Å². The Bertz CT molecular complexity index is 944. The van der Waals surface area contributed by atoms with Crippen molar-refractivity contribution >= 4 is 40.5 Å². The van der Waals surface area contributed by atoms with Crippen LogP contribution >= 0.6 is 23.2 Å². The van der Waals surface area contributed by atoms with E-state index in [1.54, 1.807) is 30.5 Å². The second-order valence-electron chi connectivity index (χ2n) is 5.82. The van der Waals surface area contributed by atoms with E-state index in [0.717, 1.165) is 11.1 Å². The van der Waals surface area contributed by atoms with Crippen LogP contribution in [0, 0.1) is 6.92 Å². The summed E-state index contributed by atoms with van der Waals surface area (Å²) in [6.07, 6.45) is 3.16. The number of anilines is 2. The van der Waals surface area contributed by atoms with Crippen molar-refractivity contribution in [3.8, 4) is 0 Å². The second kappa shape index (κ2) is 8.21. The number of aryl methyl sites for hydroxylation is 1. The van der Waals surface area contributed by atoms with Crippen LogP contribution in [0.2, 0.25) is 10.0 Å². The number of benzene rings is 2. The highest BCUT2D eigenvalue weighted by Crippen LogP contribution is 2.28. The van der Waals surface area contributed by atoms with E-state index in [1.165, 1.54) is 6.20 Å². The lowest BCUT2D eigenvalue weighted by Crippen LogP contribution is -2.23.